The minimum absolute atomic E-state index is 0. The molecule has 27 heavy (non-hydrogen) atoms. The van der Waals surface area contributed by atoms with Gasteiger partial charge in [-0.2, -0.15) is 0 Å². The lowest BCUT2D eigenvalue weighted by atomic mass is 9.97. The van der Waals surface area contributed by atoms with Gasteiger partial charge in [0.1, 0.15) is 5.82 Å². The van der Waals surface area contributed by atoms with Crippen molar-refractivity contribution in [2.45, 2.75) is 19.0 Å². The third kappa shape index (κ3) is 6.85. The summed E-state index contributed by atoms with van der Waals surface area (Å²) < 4.78 is 24.1. The lowest BCUT2D eigenvalue weighted by Gasteiger charge is -2.37. The second kappa shape index (κ2) is 11.8. The van der Waals surface area contributed by atoms with Crippen LogP contribution >= 0.6 is 24.0 Å². The highest BCUT2D eigenvalue weighted by Gasteiger charge is 2.31. The van der Waals surface area contributed by atoms with Gasteiger partial charge in [0.15, 0.2) is 5.96 Å². The molecule has 2 aliphatic rings. The van der Waals surface area contributed by atoms with Crippen molar-refractivity contribution in [3.8, 4) is 0 Å². The smallest absolute Gasteiger partial charge is 0.191 e. The number of morpholine rings is 1. The predicted molar refractivity (Wildman–Crippen MR) is 115 cm³/mol. The summed E-state index contributed by atoms with van der Waals surface area (Å²) in [6.07, 6.45) is 1.10. The molecule has 2 heterocycles. The fourth-order valence-electron chi connectivity index (χ4n) is 3.57. The molecule has 6 nitrogen and oxygen atoms in total. The summed E-state index contributed by atoms with van der Waals surface area (Å²) in [5.74, 6) is 1.07. The van der Waals surface area contributed by atoms with Crippen LogP contribution in [0.25, 0.3) is 0 Å². The van der Waals surface area contributed by atoms with Crippen molar-refractivity contribution in [1.29, 1.82) is 0 Å². The Morgan fingerprint density at radius 2 is 1.93 bits per heavy atom. The van der Waals surface area contributed by atoms with E-state index in [2.05, 4.69) is 20.5 Å². The Morgan fingerprint density at radius 1 is 1.19 bits per heavy atom. The summed E-state index contributed by atoms with van der Waals surface area (Å²) in [6.45, 7) is 6.61. The van der Waals surface area contributed by atoms with Crippen LogP contribution in [0, 0.1) is 11.7 Å². The van der Waals surface area contributed by atoms with Gasteiger partial charge in [0.05, 0.1) is 19.8 Å². The molecule has 2 fully saturated rings. The van der Waals surface area contributed by atoms with Gasteiger partial charge in [0, 0.05) is 51.8 Å². The van der Waals surface area contributed by atoms with Crippen molar-refractivity contribution in [1.82, 2.24) is 15.5 Å². The van der Waals surface area contributed by atoms with E-state index in [9.17, 15) is 4.39 Å². The van der Waals surface area contributed by atoms with E-state index in [1.54, 1.807) is 19.2 Å². The summed E-state index contributed by atoms with van der Waals surface area (Å²) in [5, 5.41) is 6.75. The maximum absolute atomic E-state index is 13.0. The van der Waals surface area contributed by atoms with Gasteiger partial charge in [-0.1, -0.05) is 12.1 Å². The third-order valence-corrected chi connectivity index (χ3v) is 5.10. The Kier molecular flexibility index (Phi) is 9.74. The summed E-state index contributed by atoms with van der Waals surface area (Å²) in [5.41, 5.74) is 1.02. The average molecular weight is 492 g/mol. The maximum Gasteiger partial charge on any atom is 0.191 e. The SMILES string of the molecule is CN=C(NCc1ccc(F)cc1)NCC(C1CCOC1)N1CCOCC1.I. The van der Waals surface area contributed by atoms with E-state index in [1.807, 2.05) is 0 Å². The van der Waals surface area contributed by atoms with E-state index in [-0.39, 0.29) is 29.8 Å². The predicted octanol–water partition coefficient (Wildman–Crippen LogP) is 1.85. The first-order valence-corrected chi connectivity index (χ1v) is 9.35. The third-order valence-electron chi connectivity index (χ3n) is 5.10. The summed E-state index contributed by atoms with van der Waals surface area (Å²) >= 11 is 0. The molecular formula is C19H30FIN4O2. The van der Waals surface area contributed by atoms with Gasteiger partial charge in [-0.3, -0.25) is 9.89 Å². The van der Waals surface area contributed by atoms with Crippen molar-refractivity contribution >= 4 is 29.9 Å². The zero-order valence-corrected chi connectivity index (χ0v) is 18.2. The second-order valence-corrected chi connectivity index (χ2v) is 6.77. The molecule has 8 heteroatoms. The van der Waals surface area contributed by atoms with Crippen molar-refractivity contribution in [2.75, 3.05) is 53.1 Å². The summed E-state index contributed by atoms with van der Waals surface area (Å²) in [7, 11) is 1.77. The normalized spacial score (nSPS) is 22.1. The van der Waals surface area contributed by atoms with E-state index in [1.165, 1.54) is 12.1 Å². The van der Waals surface area contributed by atoms with Gasteiger partial charge in [-0.25, -0.2) is 4.39 Å². The van der Waals surface area contributed by atoms with Crippen molar-refractivity contribution in [2.24, 2.45) is 10.9 Å². The lowest BCUT2D eigenvalue weighted by molar-refractivity contribution is 0.00246. The average Bonchev–Trinajstić information content (AvgIpc) is 3.21. The zero-order valence-electron chi connectivity index (χ0n) is 15.8. The molecule has 0 bridgehead atoms. The van der Waals surface area contributed by atoms with E-state index < -0.39 is 0 Å². The molecule has 0 saturated carbocycles. The molecule has 0 amide bonds. The first-order valence-electron chi connectivity index (χ1n) is 9.35. The van der Waals surface area contributed by atoms with Gasteiger partial charge in [0.25, 0.3) is 0 Å². The number of hydrogen-bond acceptors (Lipinski definition) is 4. The molecule has 2 aliphatic heterocycles. The highest BCUT2D eigenvalue weighted by atomic mass is 127. The largest absolute Gasteiger partial charge is 0.381 e. The lowest BCUT2D eigenvalue weighted by Crippen LogP contribution is -2.53. The van der Waals surface area contributed by atoms with Crippen LogP contribution in [-0.2, 0) is 16.0 Å². The molecule has 2 unspecified atom stereocenters. The summed E-state index contributed by atoms with van der Waals surface area (Å²) in [4.78, 5) is 6.81. The number of rotatable bonds is 6. The van der Waals surface area contributed by atoms with Crippen LogP contribution < -0.4 is 10.6 Å². The zero-order chi connectivity index (χ0) is 18.2. The molecule has 0 aliphatic carbocycles. The van der Waals surface area contributed by atoms with Crippen LogP contribution in [0.2, 0.25) is 0 Å². The standard InChI is InChI=1S/C19H29FN4O2.HI/c1-21-19(22-12-15-2-4-17(20)5-3-15)23-13-18(16-6-9-26-14-16)24-7-10-25-11-8-24;/h2-5,16,18H,6-14H2,1H3,(H2,21,22,23);1H. The van der Waals surface area contributed by atoms with Crippen molar-refractivity contribution in [3.05, 3.63) is 35.6 Å². The molecule has 2 N–H and O–H groups in total. The summed E-state index contributed by atoms with van der Waals surface area (Å²) in [6, 6.07) is 6.92. The molecule has 0 spiro atoms. The number of aliphatic imine (C=N–C) groups is 1. The number of benzene rings is 1. The first-order chi connectivity index (χ1) is 12.8. The van der Waals surface area contributed by atoms with E-state index >= 15 is 0 Å². The minimum atomic E-state index is -0.219. The van der Waals surface area contributed by atoms with Crippen LogP contribution in [0.15, 0.2) is 29.3 Å². The van der Waals surface area contributed by atoms with Crippen LogP contribution in [0.3, 0.4) is 0 Å². The number of guanidine groups is 1. The maximum atomic E-state index is 13.0. The van der Waals surface area contributed by atoms with Crippen molar-refractivity contribution in [3.63, 3.8) is 0 Å². The molecule has 0 radical (unpaired) electrons. The Balaban J connectivity index is 0.00000261. The van der Waals surface area contributed by atoms with Crippen LogP contribution in [0.5, 0.6) is 0 Å². The molecule has 152 valence electrons. The molecule has 2 saturated heterocycles. The minimum Gasteiger partial charge on any atom is -0.381 e. The van der Waals surface area contributed by atoms with Gasteiger partial charge >= 0.3 is 0 Å². The van der Waals surface area contributed by atoms with Gasteiger partial charge in [-0.15, -0.1) is 24.0 Å². The van der Waals surface area contributed by atoms with Crippen LogP contribution in [-0.4, -0.2) is 70.0 Å². The van der Waals surface area contributed by atoms with Gasteiger partial charge in [-0.05, 0) is 24.1 Å². The molecule has 1 aromatic rings. The van der Waals surface area contributed by atoms with Crippen LogP contribution in [0.1, 0.15) is 12.0 Å². The van der Waals surface area contributed by atoms with Gasteiger partial charge in [0.2, 0.25) is 0 Å². The second-order valence-electron chi connectivity index (χ2n) is 6.77. The number of nitrogens with one attached hydrogen (secondary N) is 2. The van der Waals surface area contributed by atoms with E-state index in [0.717, 1.165) is 64.0 Å². The monoisotopic (exact) mass is 492 g/mol. The highest BCUT2D eigenvalue weighted by molar-refractivity contribution is 14.0. The van der Waals surface area contributed by atoms with Crippen LogP contribution in [0.4, 0.5) is 4.39 Å². The van der Waals surface area contributed by atoms with Crippen molar-refractivity contribution < 1.29 is 13.9 Å². The number of nitrogens with zero attached hydrogens (tertiary/aromatic N) is 2. The molecule has 0 aromatic heterocycles. The Morgan fingerprint density at radius 3 is 2.56 bits per heavy atom. The van der Waals surface area contributed by atoms with E-state index in [0.29, 0.717) is 18.5 Å². The number of hydrogen-bond donors (Lipinski definition) is 2. The quantitative estimate of drug-likeness (QED) is 0.361. The molecular weight excluding hydrogens is 462 g/mol. The molecule has 2 atom stereocenters. The van der Waals surface area contributed by atoms with E-state index in [4.69, 9.17) is 9.47 Å². The number of halogens is 2. The number of ether oxygens (including phenoxy) is 2. The van der Waals surface area contributed by atoms with Gasteiger partial charge < -0.3 is 20.1 Å². The molecule has 3 rings (SSSR count). The Bertz CT molecular complexity index is 576. The fourth-order valence-corrected chi connectivity index (χ4v) is 3.57. The fraction of sp³-hybridized carbons (Fsp3) is 0.632. The Hall–Kier alpha value is -0.970. The Labute approximate surface area is 177 Å². The topological polar surface area (TPSA) is 58.1 Å². The first kappa shape index (κ1) is 22.3. The highest BCUT2D eigenvalue weighted by Crippen LogP contribution is 2.21. The molecule has 1 aromatic carbocycles.